The largest absolute Gasteiger partial charge is 0.352 e. The second-order valence-corrected chi connectivity index (χ2v) is 9.32. The van der Waals surface area contributed by atoms with Crippen LogP contribution in [-0.4, -0.2) is 31.4 Å². The topological polar surface area (TPSA) is 63.2 Å². The molecule has 1 aromatic carbocycles. The fraction of sp³-hybridized carbons (Fsp3) is 0.611. The number of sulfone groups is 1. The van der Waals surface area contributed by atoms with Crippen molar-refractivity contribution >= 4 is 15.7 Å². The molecule has 1 aliphatic rings. The molecule has 0 heterocycles. The number of carbonyl (C=O) groups excluding carboxylic acids is 1. The van der Waals surface area contributed by atoms with E-state index in [-0.39, 0.29) is 11.9 Å². The molecule has 23 heavy (non-hydrogen) atoms. The van der Waals surface area contributed by atoms with E-state index >= 15 is 0 Å². The lowest BCUT2D eigenvalue weighted by molar-refractivity contribution is -0.119. The second-order valence-electron chi connectivity index (χ2n) is 6.76. The van der Waals surface area contributed by atoms with Crippen LogP contribution in [0, 0.1) is 5.92 Å². The van der Waals surface area contributed by atoms with Crippen LogP contribution in [0.3, 0.4) is 0 Å². The van der Waals surface area contributed by atoms with Crippen LogP contribution < -0.4 is 5.32 Å². The highest BCUT2D eigenvalue weighted by Gasteiger charge is 2.28. The zero-order valence-corrected chi connectivity index (χ0v) is 14.8. The van der Waals surface area contributed by atoms with Crippen LogP contribution in [0.25, 0.3) is 0 Å². The molecular weight excluding hydrogens is 310 g/mol. The Morgan fingerprint density at radius 1 is 1.17 bits per heavy atom. The number of rotatable bonds is 6. The van der Waals surface area contributed by atoms with E-state index in [0.29, 0.717) is 5.92 Å². The minimum atomic E-state index is -3.34. The average molecular weight is 337 g/mol. The van der Waals surface area contributed by atoms with Gasteiger partial charge in [0, 0.05) is 6.04 Å². The zero-order valence-electron chi connectivity index (χ0n) is 14.0. The first kappa shape index (κ1) is 18.0. The molecule has 1 saturated carbocycles. The van der Waals surface area contributed by atoms with E-state index in [0.717, 1.165) is 25.7 Å². The Bertz CT molecular complexity index is 610. The molecule has 1 aromatic rings. The number of nitrogens with one attached hydrogen (secondary N) is 1. The quantitative estimate of drug-likeness (QED) is 0.868. The monoisotopic (exact) mass is 337 g/mol. The Labute approximate surface area is 139 Å². The molecule has 0 unspecified atom stereocenters. The summed E-state index contributed by atoms with van der Waals surface area (Å²) in [5.74, 6) is -0.375. The molecule has 2 atom stereocenters. The standard InChI is InChI=1S/C18H27NO3S/c1-14(2)23(21,22)13-18(20)19-17-11-7-6-10-16(17)12-15-8-4-3-5-9-15/h3-5,8-9,14,16-17H,6-7,10-13H2,1-2H3,(H,19,20)/t16-,17+/m1/s1. The van der Waals surface area contributed by atoms with Gasteiger partial charge in [0.15, 0.2) is 9.84 Å². The average Bonchev–Trinajstić information content (AvgIpc) is 2.49. The molecule has 1 aliphatic carbocycles. The summed E-state index contributed by atoms with van der Waals surface area (Å²) in [5, 5.41) is 2.47. The Morgan fingerprint density at radius 3 is 2.48 bits per heavy atom. The lowest BCUT2D eigenvalue weighted by Gasteiger charge is -2.32. The van der Waals surface area contributed by atoms with E-state index in [1.807, 2.05) is 18.2 Å². The smallest absolute Gasteiger partial charge is 0.235 e. The van der Waals surface area contributed by atoms with Crippen LogP contribution >= 0.6 is 0 Å². The van der Waals surface area contributed by atoms with Gasteiger partial charge in [0.2, 0.25) is 5.91 Å². The van der Waals surface area contributed by atoms with Gasteiger partial charge in [-0.25, -0.2) is 8.42 Å². The Kier molecular flexibility index (Phi) is 6.22. The van der Waals surface area contributed by atoms with Crippen LogP contribution in [0.15, 0.2) is 30.3 Å². The van der Waals surface area contributed by atoms with Gasteiger partial charge in [-0.1, -0.05) is 43.2 Å². The number of amides is 1. The summed E-state index contributed by atoms with van der Waals surface area (Å²) in [6.07, 6.45) is 5.21. The van der Waals surface area contributed by atoms with Crippen molar-refractivity contribution in [3.8, 4) is 0 Å². The molecule has 1 amide bonds. The normalized spacial score (nSPS) is 22.0. The van der Waals surface area contributed by atoms with Gasteiger partial charge < -0.3 is 5.32 Å². The van der Waals surface area contributed by atoms with Gasteiger partial charge in [0.1, 0.15) is 5.75 Å². The number of benzene rings is 1. The van der Waals surface area contributed by atoms with Crippen molar-refractivity contribution in [2.24, 2.45) is 5.92 Å². The van der Waals surface area contributed by atoms with E-state index in [1.165, 1.54) is 12.0 Å². The van der Waals surface area contributed by atoms with Crippen LogP contribution in [0.4, 0.5) is 0 Å². The number of hydrogen-bond donors (Lipinski definition) is 1. The van der Waals surface area contributed by atoms with Gasteiger partial charge in [-0.3, -0.25) is 4.79 Å². The van der Waals surface area contributed by atoms with Crippen molar-refractivity contribution in [1.29, 1.82) is 0 Å². The Hall–Kier alpha value is -1.36. The number of hydrogen-bond acceptors (Lipinski definition) is 3. The lowest BCUT2D eigenvalue weighted by Crippen LogP contribution is -2.45. The molecule has 5 heteroatoms. The lowest BCUT2D eigenvalue weighted by atomic mass is 9.80. The molecule has 0 radical (unpaired) electrons. The van der Waals surface area contributed by atoms with Crippen molar-refractivity contribution in [3.63, 3.8) is 0 Å². The molecule has 1 fully saturated rings. The summed E-state index contributed by atoms with van der Waals surface area (Å²) < 4.78 is 23.8. The maximum absolute atomic E-state index is 12.1. The van der Waals surface area contributed by atoms with E-state index in [9.17, 15) is 13.2 Å². The van der Waals surface area contributed by atoms with Crippen molar-refractivity contribution < 1.29 is 13.2 Å². The van der Waals surface area contributed by atoms with Gasteiger partial charge in [-0.05, 0) is 44.6 Å². The summed E-state index contributed by atoms with van der Waals surface area (Å²) in [5.41, 5.74) is 1.27. The summed E-state index contributed by atoms with van der Waals surface area (Å²) in [4.78, 5) is 12.1. The fourth-order valence-corrected chi connectivity index (χ4v) is 3.94. The van der Waals surface area contributed by atoms with Gasteiger partial charge in [-0.2, -0.15) is 0 Å². The summed E-state index contributed by atoms with van der Waals surface area (Å²) in [7, 11) is -3.34. The van der Waals surface area contributed by atoms with E-state index in [2.05, 4.69) is 17.4 Å². The van der Waals surface area contributed by atoms with Crippen LogP contribution in [0.1, 0.15) is 45.1 Å². The van der Waals surface area contributed by atoms with E-state index in [4.69, 9.17) is 0 Å². The van der Waals surface area contributed by atoms with Crippen LogP contribution in [0.2, 0.25) is 0 Å². The van der Waals surface area contributed by atoms with Gasteiger partial charge in [-0.15, -0.1) is 0 Å². The maximum Gasteiger partial charge on any atom is 0.235 e. The van der Waals surface area contributed by atoms with E-state index < -0.39 is 20.8 Å². The third-order valence-corrected chi connectivity index (χ3v) is 6.75. The van der Waals surface area contributed by atoms with Crippen molar-refractivity contribution in [2.75, 3.05) is 5.75 Å². The molecule has 0 saturated heterocycles. The second kappa shape index (κ2) is 7.95. The molecule has 0 aliphatic heterocycles. The van der Waals surface area contributed by atoms with Crippen LogP contribution in [-0.2, 0) is 21.1 Å². The third-order valence-electron chi connectivity index (χ3n) is 4.65. The summed E-state index contributed by atoms with van der Waals surface area (Å²) in [6.45, 7) is 3.23. The first-order valence-electron chi connectivity index (χ1n) is 8.43. The Morgan fingerprint density at radius 2 is 1.83 bits per heavy atom. The predicted molar refractivity (Wildman–Crippen MR) is 93.0 cm³/mol. The first-order chi connectivity index (χ1) is 10.9. The molecule has 128 valence electrons. The maximum atomic E-state index is 12.1. The third kappa shape index (κ3) is 5.34. The molecule has 0 aromatic heterocycles. The molecule has 0 spiro atoms. The predicted octanol–water partition coefficient (Wildman–Crippen LogP) is 2.73. The highest BCUT2D eigenvalue weighted by Crippen LogP contribution is 2.27. The van der Waals surface area contributed by atoms with Crippen molar-refractivity contribution in [1.82, 2.24) is 5.32 Å². The zero-order chi connectivity index (χ0) is 16.9. The molecule has 1 N–H and O–H groups in total. The number of carbonyl (C=O) groups is 1. The van der Waals surface area contributed by atoms with E-state index in [1.54, 1.807) is 13.8 Å². The van der Waals surface area contributed by atoms with Gasteiger partial charge in [0.25, 0.3) is 0 Å². The van der Waals surface area contributed by atoms with Gasteiger partial charge in [0.05, 0.1) is 5.25 Å². The SMILES string of the molecule is CC(C)S(=O)(=O)CC(=O)N[C@H]1CCCC[C@@H]1Cc1ccccc1. The van der Waals surface area contributed by atoms with Crippen LogP contribution in [0.5, 0.6) is 0 Å². The fourth-order valence-electron chi connectivity index (χ4n) is 3.16. The summed E-state index contributed by atoms with van der Waals surface area (Å²) >= 11 is 0. The highest BCUT2D eigenvalue weighted by molar-refractivity contribution is 7.92. The van der Waals surface area contributed by atoms with Gasteiger partial charge >= 0.3 is 0 Å². The highest BCUT2D eigenvalue weighted by atomic mass is 32.2. The molecule has 2 rings (SSSR count). The molecule has 4 nitrogen and oxygen atoms in total. The Balaban J connectivity index is 1.97. The van der Waals surface area contributed by atoms with Crippen molar-refractivity contribution in [2.45, 2.75) is 57.2 Å². The van der Waals surface area contributed by atoms with Crippen molar-refractivity contribution in [3.05, 3.63) is 35.9 Å². The minimum Gasteiger partial charge on any atom is -0.352 e. The minimum absolute atomic E-state index is 0.0822. The summed E-state index contributed by atoms with van der Waals surface area (Å²) in [6, 6.07) is 10.4. The molecular formula is C18H27NO3S. The molecule has 0 bridgehead atoms. The first-order valence-corrected chi connectivity index (χ1v) is 10.1.